The van der Waals surface area contributed by atoms with Gasteiger partial charge in [-0.3, -0.25) is 4.79 Å². The molecule has 3 heteroatoms. The Hall–Kier alpha value is -0.570. The highest BCUT2D eigenvalue weighted by Gasteiger charge is 2.25. The molecule has 0 saturated heterocycles. The van der Waals surface area contributed by atoms with Gasteiger partial charge in [0.1, 0.15) is 0 Å². The average molecular weight is 214 g/mol. The first kappa shape index (κ1) is 14.4. The summed E-state index contributed by atoms with van der Waals surface area (Å²) in [6.45, 7) is 10.1. The fourth-order valence-electron chi connectivity index (χ4n) is 1.64. The largest absolute Gasteiger partial charge is 0.359 e. The molecule has 0 fully saturated rings. The fourth-order valence-corrected chi connectivity index (χ4v) is 1.64. The van der Waals surface area contributed by atoms with Crippen LogP contribution in [0.25, 0.3) is 0 Å². The van der Waals surface area contributed by atoms with Crippen LogP contribution in [0.1, 0.15) is 40.5 Å². The third-order valence-electron chi connectivity index (χ3n) is 2.68. The summed E-state index contributed by atoms with van der Waals surface area (Å²) in [5.41, 5.74) is -0.319. The van der Waals surface area contributed by atoms with Gasteiger partial charge in [0.2, 0.25) is 5.91 Å². The average Bonchev–Trinajstić information content (AvgIpc) is 2.16. The van der Waals surface area contributed by atoms with Gasteiger partial charge in [0.25, 0.3) is 0 Å². The molecule has 0 aromatic rings. The third-order valence-corrected chi connectivity index (χ3v) is 2.68. The number of carbonyl (C=O) groups excluding carboxylic acids is 1. The first-order valence-corrected chi connectivity index (χ1v) is 5.87. The summed E-state index contributed by atoms with van der Waals surface area (Å²) in [6, 6.07) is 0. The molecule has 0 radical (unpaired) electrons. The van der Waals surface area contributed by atoms with E-state index >= 15 is 0 Å². The molecular weight excluding hydrogens is 188 g/mol. The second kappa shape index (κ2) is 6.83. The molecule has 0 aliphatic carbocycles. The molecule has 90 valence electrons. The van der Waals surface area contributed by atoms with Crippen molar-refractivity contribution in [2.24, 2.45) is 11.3 Å². The van der Waals surface area contributed by atoms with Crippen LogP contribution in [0.2, 0.25) is 0 Å². The Balaban J connectivity index is 3.79. The highest BCUT2D eigenvalue weighted by molar-refractivity contribution is 5.81. The van der Waals surface area contributed by atoms with Gasteiger partial charge in [-0.05, 0) is 32.7 Å². The Morgan fingerprint density at radius 2 is 2.00 bits per heavy atom. The van der Waals surface area contributed by atoms with E-state index in [-0.39, 0.29) is 11.3 Å². The maximum atomic E-state index is 11.5. The number of rotatable bonds is 7. The summed E-state index contributed by atoms with van der Waals surface area (Å²) in [4.78, 5) is 11.5. The minimum Gasteiger partial charge on any atom is -0.359 e. The Kier molecular flexibility index (Phi) is 6.57. The van der Waals surface area contributed by atoms with E-state index in [0.717, 1.165) is 13.1 Å². The molecule has 0 spiro atoms. The van der Waals surface area contributed by atoms with Crippen LogP contribution in [-0.2, 0) is 4.79 Å². The van der Waals surface area contributed by atoms with E-state index in [0.29, 0.717) is 5.92 Å². The monoisotopic (exact) mass is 214 g/mol. The van der Waals surface area contributed by atoms with Crippen LogP contribution in [0.4, 0.5) is 0 Å². The SMILES string of the molecule is CCCC(C)CNCC(C)(C)C(=O)NC. The van der Waals surface area contributed by atoms with E-state index in [1.54, 1.807) is 7.05 Å². The molecule has 1 unspecified atom stereocenters. The van der Waals surface area contributed by atoms with E-state index in [4.69, 9.17) is 0 Å². The molecule has 1 amide bonds. The lowest BCUT2D eigenvalue weighted by Gasteiger charge is -2.24. The highest BCUT2D eigenvalue weighted by Crippen LogP contribution is 2.13. The molecule has 0 bridgehead atoms. The topological polar surface area (TPSA) is 41.1 Å². The lowest BCUT2D eigenvalue weighted by atomic mass is 9.92. The number of carbonyl (C=O) groups is 1. The maximum absolute atomic E-state index is 11.5. The van der Waals surface area contributed by atoms with Crippen molar-refractivity contribution >= 4 is 5.91 Å². The second-order valence-corrected chi connectivity index (χ2v) is 4.99. The van der Waals surface area contributed by atoms with Gasteiger partial charge < -0.3 is 10.6 Å². The van der Waals surface area contributed by atoms with Crippen molar-refractivity contribution in [3.63, 3.8) is 0 Å². The van der Waals surface area contributed by atoms with Crippen LogP contribution in [0, 0.1) is 11.3 Å². The Morgan fingerprint density at radius 1 is 1.40 bits per heavy atom. The van der Waals surface area contributed by atoms with Crippen molar-refractivity contribution < 1.29 is 4.79 Å². The number of hydrogen-bond donors (Lipinski definition) is 2. The van der Waals surface area contributed by atoms with Gasteiger partial charge in [-0.25, -0.2) is 0 Å². The number of hydrogen-bond acceptors (Lipinski definition) is 2. The minimum absolute atomic E-state index is 0.0955. The molecule has 1 atom stereocenters. The number of amides is 1. The molecule has 0 saturated carbocycles. The van der Waals surface area contributed by atoms with Gasteiger partial charge in [-0.15, -0.1) is 0 Å². The van der Waals surface area contributed by atoms with Crippen molar-refractivity contribution in [2.45, 2.75) is 40.5 Å². The van der Waals surface area contributed by atoms with E-state index in [1.165, 1.54) is 12.8 Å². The smallest absolute Gasteiger partial charge is 0.226 e. The molecule has 0 aliphatic rings. The summed E-state index contributed by atoms with van der Waals surface area (Å²) in [6.07, 6.45) is 2.47. The predicted octanol–water partition coefficient (Wildman–Crippen LogP) is 1.78. The maximum Gasteiger partial charge on any atom is 0.226 e. The normalized spacial score (nSPS) is 13.7. The summed E-state index contributed by atoms with van der Waals surface area (Å²) in [5, 5.41) is 6.05. The van der Waals surface area contributed by atoms with Crippen LogP contribution in [-0.4, -0.2) is 26.0 Å². The van der Waals surface area contributed by atoms with Crippen molar-refractivity contribution in [3.8, 4) is 0 Å². The van der Waals surface area contributed by atoms with Crippen molar-refractivity contribution in [1.29, 1.82) is 0 Å². The standard InChI is InChI=1S/C12H26N2O/c1-6-7-10(2)8-14-9-12(3,4)11(15)13-5/h10,14H,6-9H2,1-5H3,(H,13,15). The van der Waals surface area contributed by atoms with Crippen LogP contribution in [0.3, 0.4) is 0 Å². The molecule has 15 heavy (non-hydrogen) atoms. The molecular formula is C12H26N2O. The number of nitrogens with one attached hydrogen (secondary N) is 2. The summed E-state index contributed by atoms with van der Waals surface area (Å²) in [5.74, 6) is 0.786. The van der Waals surface area contributed by atoms with Crippen LogP contribution >= 0.6 is 0 Å². The van der Waals surface area contributed by atoms with Gasteiger partial charge in [0, 0.05) is 13.6 Å². The van der Waals surface area contributed by atoms with E-state index in [1.807, 2.05) is 13.8 Å². The zero-order chi connectivity index (χ0) is 11.9. The second-order valence-electron chi connectivity index (χ2n) is 4.99. The van der Waals surface area contributed by atoms with Crippen LogP contribution < -0.4 is 10.6 Å². The minimum atomic E-state index is -0.319. The molecule has 0 rings (SSSR count). The summed E-state index contributed by atoms with van der Waals surface area (Å²) < 4.78 is 0. The lowest BCUT2D eigenvalue weighted by molar-refractivity contribution is -0.128. The first-order valence-electron chi connectivity index (χ1n) is 5.87. The zero-order valence-corrected chi connectivity index (χ0v) is 10.8. The van der Waals surface area contributed by atoms with Crippen molar-refractivity contribution in [2.75, 3.05) is 20.1 Å². The summed E-state index contributed by atoms with van der Waals surface area (Å²) >= 11 is 0. The Morgan fingerprint density at radius 3 is 2.47 bits per heavy atom. The molecule has 0 heterocycles. The fraction of sp³-hybridized carbons (Fsp3) is 0.917. The molecule has 3 nitrogen and oxygen atoms in total. The van der Waals surface area contributed by atoms with Gasteiger partial charge in [0.05, 0.1) is 5.41 Å². The van der Waals surface area contributed by atoms with Crippen LogP contribution in [0.5, 0.6) is 0 Å². The molecule has 0 aromatic heterocycles. The molecule has 0 aliphatic heterocycles. The molecule has 0 aromatic carbocycles. The van der Waals surface area contributed by atoms with E-state index in [9.17, 15) is 4.79 Å². The Labute approximate surface area is 94.0 Å². The highest BCUT2D eigenvalue weighted by atomic mass is 16.2. The first-order chi connectivity index (χ1) is 6.94. The predicted molar refractivity (Wildman–Crippen MR) is 64.8 cm³/mol. The zero-order valence-electron chi connectivity index (χ0n) is 10.8. The quantitative estimate of drug-likeness (QED) is 0.678. The Bertz CT molecular complexity index is 190. The van der Waals surface area contributed by atoms with E-state index < -0.39 is 0 Å². The van der Waals surface area contributed by atoms with Crippen molar-refractivity contribution in [1.82, 2.24) is 10.6 Å². The molecule has 2 N–H and O–H groups in total. The van der Waals surface area contributed by atoms with Crippen molar-refractivity contribution in [3.05, 3.63) is 0 Å². The van der Waals surface area contributed by atoms with Crippen LogP contribution in [0.15, 0.2) is 0 Å². The third kappa shape index (κ3) is 5.78. The summed E-state index contributed by atoms with van der Waals surface area (Å²) in [7, 11) is 1.68. The van der Waals surface area contributed by atoms with Gasteiger partial charge >= 0.3 is 0 Å². The van der Waals surface area contributed by atoms with Gasteiger partial charge in [0.15, 0.2) is 0 Å². The lowest BCUT2D eigenvalue weighted by Crippen LogP contribution is -2.42. The van der Waals surface area contributed by atoms with Gasteiger partial charge in [-0.1, -0.05) is 20.3 Å². The van der Waals surface area contributed by atoms with E-state index in [2.05, 4.69) is 24.5 Å². The van der Waals surface area contributed by atoms with Gasteiger partial charge in [-0.2, -0.15) is 0 Å².